The van der Waals surface area contributed by atoms with E-state index in [-0.39, 0.29) is 17.4 Å². The van der Waals surface area contributed by atoms with Crippen LogP contribution in [0, 0.1) is 0 Å². The topological polar surface area (TPSA) is 93.4 Å². The lowest BCUT2D eigenvalue weighted by Gasteiger charge is -2.21. The fourth-order valence-electron chi connectivity index (χ4n) is 3.88. The number of nitrogens with two attached hydrogens (primary N) is 1. The van der Waals surface area contributed by atoms with Crippen LogP contribution in [0.1, 0.15) is 29.2 Å². The van der Waals surface area contributed by atoms with Gasteiger partial charge in [-0.3, -0.25) is 9.59 Å². The van der Waals surface area contributed by atoms with Crippen LogP contribution in [0.2, 0.25) is 0 Å². The zero-order chi connectivity index (χ0) is 23.2. The predicted molar refractivity (Wildman–Crippen MR) is 133 cm³/mol. The van der Waals surface area contributed by atoms with Crippen LogP contribution in [0.25, 0.3) is 0 Å². The lowest BCUT2D eigenvalue weighted by atomic mass is 9.97. The summed E-state index contributed by atoms with van der Waals surface area (Å²) in [7, 11) is 1.65. The molecule has 0 bridgehead atoms. The third-order valence-electron chi connectivity index (χ3n) is 5.72. The van der Waals surface area contributed by atoms with E-state index in [4.69, 9.17) is 10.5 Å². The molecule has 4 rings (SSSR count). The molecular formula is C27H27N3O3. The molecule has 0 saturated carbocycles. The van der Waals surface area contributed by atoms with Crippen molar-refractivity contribution in [3.05, 3.63) is 116 Å². The molecule has 4 N–H and O–H groups in total. The first-order valence-electron chi connectivity index (χ1n) is 10.9. The van der Waals surface area contributed by atoms with Gasteiger partial charge in [-0.2, -0.15) is 0 Å². The molecular weight excluding hydrogens is 414 g/mol. The minimum Gasteiger partial charge on any atom is -0.497 e. The van der Waals surface area contributed by atoms with Gasteiger partial charge in [-0.05, 0) is 60.3 Å². The summed E-state index contributed by atoms with van der Waals surface area (Å²) in [6.45, 7) is 0.828. The Morgan fingerprint density at radius 3 is 2.33 bits per heavy atom. The molecule has 0 aromatic heterocycles. The number of hydrogen-bond donors (Lipinski definition) is 3. The molecule has 0 saturated heterocycles. The van der Waals surface area contributed by atoms with Crippen LogP contribution < -0.4 is 32.0 Å². The van der Waals surface area contributed by atoms with E-state index in [9.17, 15) is 9.59 Å². The van der Waals surface area contributed by atoms with Crippen LogP contribution in [-0.4, -0.2) is 13.7 Å². The number of benzene rings is 3. The second-order valence-corrected chi connectivity index (χ2v) is 7.95. The highest BCUT2D eigenvalue weighted by atomic mass is 16.5. The molecule has 0 heterocycles. The van der Waals surface area contributed by atoms with Gasteiger partial charge < -0.3 is 21.1 Å². The van der Waals surface area contributed by atoms with Crippen LogP contribution in [0.5, 0.6) is 5.75 Å². The summed E-state index contributed by atoms with van der Waals surface area (Å²) in [4.78, 5) is 23.2. The van der Waals surface area contributed by atoms with Crippen molar-refractivity contribution in [2.45, 2.75) is 18.9 Å². The fourth-order valence-corrected chi connectivity index (χ4v) is 3.88. The van der Waals surface area contributed by atoms with Crippen molar-refractivity contribution in [1.29, 1.82) is 0 Å². The number of hydrogen-bond acceptors (Lipinski definition) is 6. The molecule has 1 unspecified atom stereocenters. The Morgan fingerprint density at radius 1 is 0.879 bits per heavy atom. The van der Waals surface area contributed by atoms with Crippen molar-refractivity contribution in [1.82, 2.24) is 5.32 Å². The summed E-state index contributed by atoms with van der Waals surface area (Å²) >= 11 is 0. The zero-order valence-corrected chi connectivity index (χ0v) is 18.5. The van der Waals surface area contributed by atoms with Gasteiger partial charge in [-0.1, -0.05) is 54.6 Å². The van der Waals surface area contributed by atoms with E-state index in [1.54, 1.807) is 7.11 Å². The molecule has 4 aromatic carbocycles. The molecule has 4 aromatic rings. The lowest BCUT2D eigenvalue weighted by Crippen LogP contribution is -2.36. The maximum absolute atomic E-state index is 11.8. The summed E-state index contributed by atoms with van der Waals surface area (Å²) in [5, 5.41) is 6.67. The van der Waals surface area contributed by atoms with Crippen molar-refractivity contribution in [2.24, 2.45) is 0 Å². The van der Waals surface area contributed by atoms with Gasteiger partial charge in [0.05, 0.1) is 13.2 Å². The molecule has 168 valence electrons. The summed E-state index contributed by atoms with van der Waals surface area (Å²) in [5.41, 5.74) is 8.75. The Balaban J connectivity index is 1.53. The van der Waals surface area contributed by atoms with Gasteiger partial charge >= 0.3 is 0 Å². The van der Waals surface area contributed by atoms with Crippen LogP contribution in [0.3, 0.4) is 0 Å². The standard InChI is InChI=1S/C27H27N3O3/c1-33-22-14-12-19(13-15-22)24(29-16-6-9-18-7-3-2-4-8-18)20-10-5-11-21(17-20)30-25-23(28)26(31)27(25)32/h2-5,7-8,10-15,17,24,29-30H,6,9,16,28H2,1H3. The second kappa shape index (κ2) is 10.1. The van der Waals surface area contributed by atoms with Gasteiger partial charge in [0, 0.05) is 5.69 Å². The summed E-state index contributed by atoms with van der Waals surface area (Å²) in [5.74, 6) is 0.799. The highest BCUT2D eigenvalue weighted by molar-refractivity contribution is 5.76. The molecule has 0 spiro atoms. The summed E-state index contributed by atoms with van der Waals surface area (Å²) in [6.07, 6.45) is 1.99. The molecule has 0 radical (unpaired) electrons. The predicted octanol–water partition coefficient (Wildman–Crippen LogP) is 3.93. The second-order valence-electron chi connectivity index (χ2n) is 7.95. The van der Waals surface area contributed by atoms with Crippen molar-refractivity contribution >= 4 is 17.1 Å². The van der Waals surface area contributed by atoms with Gasteiger partial charge in [-0.25, -0.2) is 0 Å². The fraction of sp³-hybridized carbons (Fsp3) is 0.185. The Kier molecular flexibility index (Phi) is 6.86. The minimum absolute atomic E-state index is 0.0175. The van der Waals surface area contributed by atoms with Crippen molar-refractivity contribution in [2.75, 3.05) is 24.7 Å². The number of aryl methyl sites for hydroxylation is 1. The van der Waals surface area contributed by atoms with E-state index in [0.717, 1.165) is 36.3 Å². The smallest absolute Gasteiger partial charge is 0.253 e. The Labute approximate surface area is 192 Å². The van der Waals surface area contributed by atoms with E-state index < -0.39 is 10.9 Å². The van der Waals surface area contributed by atoms with Gasteiger partial charge in [0.2, 0.25) is 0 Å². The normalized spacial score (nSPS) is 11.9. The monoisotopic (exact) mass is 441 g/mol. The average molecular weight is 442 g/mol. The van der Waals surface area contributed by atoms with Gasteiger partial charge in [-0.15, -0.1) is 0 Å². The molecule has 0 aliphatic heterocycles. The Hall–Kier alpha value is -3.90. The van der Waals surface area contributed by atoms with Crippen LogP contribution in [0.15, 0.2) is 88.5 Å². The molecule has 6 heteroatoms. The highest BCUT2D eigenvalue weighted by Crippen LogP contribution is 2.27. The first-order valence-corrected chi connectivity index (χ1v) is 10.9. The Morgan fingerprint density at radius 2 is 1.64 bits per heavy atom. The molecule has 33 heavy (non-hydrogen) atoms. The first-order chi connectivity index (χ1) is 16.1. The number of rotatable bonds is 10. The molecule has 0 fully saturated rings. The number of nitrogens with one attached hydrogen (secondary N) is 2. The number of methoxy groups -OCH3 is 1. The molecule has 0 aliphatic carbocycles. The lowest BCUT2D eigenvalue weighted by molar-refractivity contribution is 0.414. The number of ether oxygens (including phenoxy) is 1. The van der Waals surface area contributed by atoms with Crippen LogP contribution in [-0.2, 0) is 6.42 Å². The minimum atomic E-state index is -0.634. The van der Waals surface area contributed by atoms with Crippen molar-refractivity contribution < 1.29 is 4.74 Å². The average Bonchev–Trinajstić information content (AvgIpc) is 2.87. The van der Waals surface area contributed by atoms with E-state index in [1.165, 1.54) is 5.56 Å². The third-order valence-corrected chi connectivity index (χ3v) is 5.72. The van der Waals surface area contributed by atoms with Crippen LogP contribution in [0.4, 0.5) is 17.1 Å². The van der Waals surface area contributed by atoms with E-state index in [0.29, 0.717) is 5.69 Å². The van der Waals surface area contributed by atoms with Crippen molar-refractivity contribution in [3.8, 4) is 5.75 Å². The van der Waals surface area contributed by atoms with Crippen LogP contribution >= 0.6 is 0 Å². The van der Waals surface area contributed by atoms with Gasteiger partial charge in [0.15, 0.2) is 0 Å². The highest BCUT2D eigenvalue weighted by Gasteiger charge is 2.19. The molecule has 6 nitrogen and oxygen atoms in total. The SMILES string of the molecule is COc1ccc(C(NCCCc2ccccc2)c2cccc(Nc3c(N)c(=O)c3=O)c2)cc1. The zero-order valence-electron chi connectivity index (χ0n) is 18.5. The summed E-state index contributed by atoms with van der Waals surface area (Å²) < 4.78 is 5.31. The largest absolute Gasteiger partial charge is 0.497 e. The van der Waals surface area contributed by atoms with E-state index in [1.807, 2.05) is 54.6 Å². The number of nitrogen functional groups attached to an aromatic ring is 1. The maximum Gasteiger partial charge on any atom is 0.253 e. The van der Waals surface area contributed by atoms with E-state index in [2.05, 4.69) is 34.9 Å². The van der Waals surface area contributed by atoms with Crippen molar-refractivity contribution in [3.63, 3.8) is 0 Å². The van der Waals surface area contributed by atoms with E-state index >= 15 is 0 Å². The Bertz CT molecular complexity index is 1280. The van der Waals surface area contributed by atoms with Gasteiger partial charge in [0.25, 0.3) is 10.9 Å². The number of anilines is 3. The first kappa shape index (κ1) is 22.3. The quantitative estimate of drug-likeness (QED) is 0.255. The molecule has 0 amide bonds. The molecule has 1 atom stereocenters. The van der Waals surface area contributed by atoms with Gasteiger partial charge in [0.1, 0.15) is 17.1 Å². The molecule has 0 aliphatic rings. The third kappa shape index (κ3) is 5.13. The summed E-state index contributed by atoms with van der Waals surface area (Å²) in [6, 6.07) is 26.1. The maximum atomic E-state index is 11.8.